The van der Waals surface area contributed by atoms with Crippen LogP contribution in [0, 0.1) is 5.41 Å². The van der Waals surface area contributed by atoms with Crippen LogP contribution in [0.2, 0.25) is 0 Å². The van der Waals surface area contributed by atoms with Crippen molar-refractivity contribution >= 4 is 34.7 Å². The predicted octanol–water partition coefficient (Wildman–Crippen LogP) is 5.21. The van der Waals surface area contributed by atoms with Gasteiger partial charge in [0.15, 0.2) is 17.2 Å². The van der Waals surface area contributed by atoms with E-state index in [1.807, 2.05) is 41.4 Å². The number of likely N-dealkylation sites (tertiary alicyclic amines) is 1. The second kappa shape index (κ2) is 14.4. The van der Waals surface area contributed by atoms with Gasteiger partial charge in [-0.25, -0.2) is 27.5 Å². The Morgan fingerprint density at radius 2 is 1.80 bits per heavy atom. The topological polar surface area (TPSA) is 140 Å². The monoisotopic (exact) mass is 759 g/mol. The van der Waals surface area contributed by atoms with Crippen LogP contribution in [0.15, 0.2) is 48.8 Å². The summed E-state index contributed by atoms with van der Waals surface area (Å²) in [7, 11) is 1.79. The van der Waals surface area contributed by atoms with E-state index in [0.29, 0.717) is 75.6 Å². The Morgan fingerprint density at radius 3 is 2.43 bits per heavy atom. The van der Waals surface area contributed by atoms with Crippen molar-refractivity contribution in [2.24, 2.45) is 5.41 Å². The molecule has 1 amide bonds. The lowest BCUT2D eigenvalue weighted by Crippen LogP contribution is -2.58. The molecular formula is C36H39F6N9O3. The number of pyridine rings is 1. The van der Waals surface area contributed by atoms with Crippen LogP contribution in [0.1, 0.15) is 47.3 Å². The van der Waals surface area contributed by atoms with E-state index in [1.165, 1.54) is 10.7 Å². The first-order valence-corrected chi connectivity index (χ1v) is 17.7. The Balaban J connectivity index is 0.000000588. The smallest absolute Gasteiger partial charge is 0.475 e. The Hall–Kier alpha value is -4.97. The van der Waals surface area contributed by atoms with Gasteiger partial charge in [0.25, 0.3) is 11.8 Å². The number of hydrogen-bond acceptors (Lipinski definition) is 9. The van der Waals surface area contributed by atoms with Crippen molar-refractivity contribution in [3.8, 4) is 11.3 Å². The number of halogens is 6. The van der Waals surface area contributed by atoms with E-state index >= 15 is 8.78 Å². The van der Waals surface area contributed by atoms with Crippen molar-refractivity contribution in [2.45, 2.75) is 63.0 Å². The Labute approximate surface area is 305 Å². The highest BCUT2D eigenvalue weighted by molar-refractivity contribution is 5.94. The van der Waals surface area contributed by atoms with E-state index in [9.17, 15) is 22.4 Å². The first kappa shape index (κ1) is 37.3. The zero-order valence-electron chi connectivity index (χ0n) is 29.3. The minimum Gasteiger partial charge on any atom is -0.475 e. The largest absolute Gasteiger partial charge is 0.490 e. The first-order chi connectivity index (χ1) is 25.7. The standard InChI is InChI=1S/C34H38F3N9O.C2HF3O2/c1-38-27-16-30(43-46-29(18-41-31(27)46)32(47)42-26-15-24(26)35)45-13-7-23-22(3-2-4-28(23)45)25-6-5-21(17-40-25)19-44-14-10-33(34(36,37)20-44)8-11-39-12-9-33;3-2(4,5)1(6)7/h2-6,16-18,24,26,38-39H,7-15,19-20H2,1H3,(H,42,47);(H,6,7)/t24-,26+;/m0./s1. The van der Waals surface area contributed by atoms with E-state index < -0.39 is 41.6 Å². The number of carbonyl (C=O) groups excluding carboxylic acids is 1. The van der Waals surface area contributed by atoms with E-state index in [1.54, 1.807) is 7.05 Å². The van der Waals surface area contributed by atoms with Crippen molar-refractivity contribution in [1.82, 2.24) is 35.1 Å². The number of carboxylic acids is 1. The molecular weight excluding hydrogens is 720 g/mol. The summed E-state index contributed by atoms with van der Waals surface area (Å²) in [6.45, 7) is 2.90. The lowest BCUT2D eigenvalue weighted by Gasteiger charge is -2.49. The molecule has 3 fully saturated rings. The number of aromatic nitrogens is 4. The van der Waals surface area contributed by atoms with Crippen LogP contribution >= 0.6 is 0 Å². The molecule has 6 heterocycles. The normalized spacial score (nSPS) is 21.6. The van der Waals surface area contributed by atoms with Crippen LogP contribution in [0.4, 0.5) is 43.5 Å². The van der Waals surface area contributed by atoms with Crippen LogP contribution in [-0.2, 0) is 17.8 Å². The van der Waals surface area contributed by atoms with Crippen molar-refractivity contribution in [1.29, 1.82) is 0 Å². The quantitative estimate of drug-likeness (QED) is 0.186. The summed E-state index contributed by atoms with van der Waals surface area (Å²) >= 11 is 0. The molecule has 0 unspecified atom stereocenters. The molecule has 3 aromatic heterocycles. The molecule has 54 heavy (non-hydrogen) atoms. The summed E-state index contributed by atoms with van der Waals surface area (Å²) in [5.41, 5.74) is 5.47. The Morgan fingerprint density at radius 1 is 1.06 bits per heavy atom. The number of nitrogens with one attached hydrogen (secondary N) is 3. The van der Waals surface area contributed by atoms with Gasteiger partial charge in [-0.1, -0.05) is 18.2 Å². The van der Waals surface area contributed by atoms with Gasteiger partial charge in [-0.15, -0.1) is 5.10 Å². The predicted molar refractivity (Wildman–Crippen MR) is 187 cm³/mol. The number of carbonyl (C=O) groups is 2. The fraction of sp³-hybridized carbons (Fsp3) is 0.472. The minimum atomic E-state index is -5.08. The van der Waals surface area contributed by atoms with Crippen LogP contribution in [-0.4, -0.2) is 106 Å². The number of rotatable bonds is 7. The number of piperidine rings is 2. The number of nitrogens with zero attached hydrogens (tertiary/aromatic N) is 6. The maximum absolute atomic E-state index is 15.4. The molecule has 2 atom stereocenters. The molecule has 1 spiro atoms. The van der Waals surface area contributed by atoms with E-state index in [-0.39, 0.29) is 12.2 Å². The Kier molecular flexibility index (Phi) is 9.93. The molecule has 8 rings (SSSR count). The second-order valence-electron chi connectivity index (χ2n) is 14.1. The molecule has 1 aliphatic carbocycles. The van der Waals surface area contributed by atoms with Crippen molar-refractivity contribution in [3.63, 3.8) is 0 Å². The highest BCUT2D eigenvalue weighted by atomic mass is 19.4. The fourth-order valence-electron chi connectivity index (χ4n) is 7.57. The van der Waals surface area contributed by atoms with Crippen LogP contribution < -0.4 is 20.9 Å². The molecule has 18 heteroatoms. The summed E-state index contributed by atoms with van der Waals surface area (Å²) in [6.07, 6.45) is -0.142. The van der Waals surface area contributed by atoms with Crippen molar-refractivity contribution in [3.05, 3.63) is 65.6 Å². The number of benzene rings is 1. The number of aliphatic carboxylic acids is 1. The summed E-state index contributed by atoms with van der Waals surface area (Å²) in [6, 6.07) is 11.5. The summed E-state index contributed by atoms with van der Waals surface area (Å²) in [5.74, 6) is -5.22. The van der Waals surface area contributed by atoms with Crippen LogP contribution in [0.5, 0.6) is 0 Å². The lowest BCUT2D eigenvalue weighted by atomic mass is 9.69. The minimum absolute atomic E-state index is 0.213. The molecule has 3 aliphatic heterocycles. The second-order valence-corrected chi connectivity index (χ2v) is 14.1. The van der Waals surface area contributed by atoms with E-state index in [4.69, 9.17) is 20.0 Å². The molecule has 0 bridgehead atoms. The maximum Gasteiger partial charge on any atom is 0.490 e. The van der Waals surface area contributed by atoms with Gasteiger partial charge < -0.3 is 26.0 Å². The zero-order chi connectivity index (χ0) is 38.4. The fourth-order valence-corrected chi connectivity index (χ4v) is 7.57. The Bertz CT molecular complexity index is 2030. The number of amides is 1. The molecule has 1 aromatic carbocycles. The maximum atomic E-state index is 15.4. The van der Waals surface area contributed by atoms with Crippen molar-refractivity contribution < 1.29 is 41.0 Å². The number of anilines is 3. The van der Waals surface area contributed by atoms with Gasteiger partial charge in [0.2, 0.25) is 0 Å². The SMILES string of the molecule is CNc1cc(N2CCc3c(-c4ccc(CN5CCC6(CCNCC6)C(F)(F)C5)cn4)cccc32)nn2c(C(=O)N[C@@H]3C[C@@H]3F)cnc12.O=C(O)C(F)(F)F. The molecule has 12 nitrogen and oxygen atoms in total. The number of alkyl halides is 6. The van der Waals surface area contributed by atoms with Gasteiger partial charge in [-0.2, -0.15) is 13.2 Å². The van der Waals surface area contributed by atoms with Crippen LogP contribution in [0.25, 0.3) is 16.9 Å². The molecule has 288 valence electrons. The van der Waals surface area contributed by atoms with Crippen molar-refractivity contribution in [2.75, 3.05) is 50.0 Å². The van der Waals surface area contributed by atoms with Gasteiger partial charge in [0.1, 0.15) is 6.17 Å². The van der Waals surface area contributed by atoms with Gasteiger partial charge in [-0.3, -0.25) is 14.7 Å². The highest BCUT2D eigenvalue weighted by Gasteiger charge is 2.56. The molecule has 4 aromatic rings. The third-order valence-electron chi connectivity index (χ3n) is 10.7. The molecule has 0 radical (unpaired) electrons. The lowest BCUT2D eigenvalue weighted by molar-refractivity contribution is -0.192. The third kappa shape index (κ3) is 7.28. The van der Waals surface area contributed by atoms with Gasteiger partial charge in [0, 0.05) is 55.5 Å². The zero-order valence-corrected chi connectivity index (χ0v) is 29.3. The summed E-state index contributed by atoms with van der Waals surface area (Å²) in [4.78, 5) is 35.0. The first-order valence-electron chi connectivity index (χ1n) is 17.7. The molecule has 1 saturated carbocycles. The summed E-state index contributed by atoms with van der Waals surface area (Å²) in [5, 5.41) is 21.0. The number of hydrogen-bond donors (Lipinski definition) is 4. The average molecular weight is 760 g/mol. The number of fused-ring (bicyclic) bond motifs is 2. The molecule has 4 aliphatic rings. The number of imidazole rings is 1. The van der Waals surface area contributed by atoms with Crippen LogP contribution in [0.3, 0.4) is 0 Å². The van der Waals surface area contributed by atoms with Gasteiger partial charge >= 0.3 is 12.1 Å². The highest BCUT2D eigenvalue weighted by Crippen LogP contribution is 2.50. The molecule has 2 saturated heterocycles. The van der Waals surface area contributed by atoms with Gasteiger partial charge in [-0.05, 0) is 68.6 Å². The number of carboxylic acid groups (broad SMARTS) is 1. The average Bonchev–Trinajstić information content (AvgIpc) is 3.47. The van der Waals surface area contributed by atoms with E-state index in [0.717, 1.165) is 34.5 Å². The van der Waals surface area contributed by atoms with E-state index in [2.05, 4.69) is 31.9 Å². The summed E-state index contributed by atoms with van der Waals surface area (Å²) < 4.78 is 77.4. The third-order valence-corrected chi connectivity index (χ3v) is 10.7. The molecule has 4 N–H and O–H groups in total. The van der Waals surface area contributed by atoms with Gasteiger partial charge in [0.05, 0.1) is 30.2 Å².